The van der Waals surface area contributed by atoms with Crippen molar-refractivity contribution in [2.24, 2.45) is 0 Å². The molecule has 1 unspecified atom stereocenters. The molecule has 1 saturated heterocycles. The lowest BCUT2D eigenvalue weighted by molar-refractivity contribution is 0.249. The molecule has 1 aliphatic heterocycles. The summed E-state index contributed by atoms with van der Waals surface area (Å²) >= 11 is 0. The summed E-state index contributed by atoms with van der Waals surface area (Å²) in [4.78, 5) is 27.6. The molecular weight excluding hydrogens is 356 g/mol. The van der Waals surface area contributed by atoms with Gasteiger partial charge in [0.15, 0.2) is 0 Å². The van der Waals surface area contributed by atoms with Crippen LogP contribution in [0.2, 0.25) is 0 Å². The summed E-state index contributed by atoms with van der Waals surface area (Å²) < 4.78 is 1.83. The topological polar surface area (TPSA) is 103 Å². The molecule has 0 saturated carbocycles. The molecule has 1 fully saturated rings. The van der Waals surface area contributed by atoms with Crippen molar-refractivity contribution in [1.29, 1.82) is 0 Å². The summed E-state index contributed by atoms with van der Waals surface area (Å²) in [7, 11) is 0. The van der Waals surface area contributed by atoms with E-state index >= 15 is 0 Å². The minimum absolute atomic E-state index is 0.0782. The van der Waals surface area contributed by atoms with Gasteiger partial charge in [0.25, 0.3) is 5.56 Å². The fourth-order valence-corrected chi connectivity index (χ4v) is 3.78. The van der Waals surface area contributed by atoms with Crippen molar-refractivity contribution in [3.8, 4) is 0 Å². The highest BCUT2D eigenvalue weighted by Gasteiger charge is 2.22. The van der Waals surface area contributed by atoms with Crippen LogP contribution >= 0.6 is 0 Å². The second-order valence-electron chi connectivity index (χ2n) is 7.45. The number of aromatic nitrogens is 3. The highest BCUT2D eigenvalue weighted by Crippen LogP contribution is 2.30. The monoisotopic (exact) mass is 382 g/mol. The molecule has 3 aromatic rings. The minimum atomic E-state index is -0.266. The molecule has 0 radical (unpaired) electrons. The van der Waals surface area contributed by atoms with Crippen LogP contribution in [-0.2, 0) is 0 Å². The van der Waals surface area contributed by atoms with E-state index in [1.165, 1.54) is 0 Å². The van der Waals surface area contributed by atoms with E-state index in [0.717, 1.165) is 48.9 Å². The van der Waals surface area contributed by atoms with Gasteiger partial charge >= 0.3 is 6.03 Å². The van der Waals surface area contributed by atoms with Gasteiger partial charge in [-0.05, 0) is 51.4 Å². The summed E-state index contributed by atoms with van der Waals surface area (Å²) in [6.45, 7) is 5.84. The number of anilines is 1. The van der Waals surface area contributed by atoms with Crippen molar-refractivity contribution >= 4 is 28.3 Å². The number of hydrogen-bond acceptors (Lipinski definition) is 4. The molecule has 4 N–H and O–H groups in total. The van der Waals surface area contributed by atoms with Crippen molar-refractivity contribution in [3.05, 3.63) is 40.3 Å². The molecule has 8 nitrogen and oxygen atoms in total. The van der Waals surface area contributed by atoms with Crippen LogP contribution < -0.4 is 21.5 Å². The van der Waals surface area contributed by atoms with Crippen LogP contribution in [0.3, 0.4) is 0 Å². The Bertz CT molecular complexity index is 1060. The first-order valence-electron chi connectivity index (χ1n) is 9.89. The third kappa shape index (κ3) is 3.47. The molecule has 2 aromatic heterocycles. The van der Waals surface area contributed by atoms with Gasteiger partial charge in [0, 0.05) is 18.0 Å². The Morgan fingerprint density at radius 1 is 1.36 bits per heavy atom. The van der Waals surface area contributed by atoms with Gasteiger partial charge < -0.3 is 20.9 Å². The van der Waals surface area contributed by atoms with Crippen molar-refractivity contribution in [2.45, 2.75) is 45.1 Å². The Balaban J connectivity index is 1.81. The van der Waals surface area contributed by atoms with Gasteiger partial charge in [-0.1, -0.05) is 13.0 Å². The van der Waals surface area contributed by atoms with Crippen molar-refractivity contribution in [1.82, 2.24) is 25.2 Å². The molecule has 2 amide bonds. The molecule has 1 atom stereocenters. The largest absolute Gasteiger partial charge is 0.335 e. The number of piperidine rings is 1. The molecule has 3 heterocycles. The highest BCUT2D eigenvalue weighted by atomic mass is 16.2. The van der Waals surface area contributed by atoms with Crippen LogP contribution in [0.5, 0.6) is 0 Å². The number of rotatable bonds is 4. The minimum Gasteiger partial charge on any atom is -0.335 e. The maximum atomic E-state index is 12.4. The molecular formula is C20H26N6O2. The quantitative estimate of drug-likeness (QED) is 0.557. The Hall–Kier alpha value is -2.87. The van der Waals surface area contributed by atoms with E-state index in [0.29, 0.717) is 11.3 Å². The Morgan fingerprint density at radius 2 is 2.14 bits per heavy atom. The summed E-state index contributed by atoms with van der Waals surface area (Å²) in [5.74, 6) is 0.283. The fraction of sp³-hybridized carbons (Fsp3) is 0.450. The number of nitrogens with zero attached hydrogens (tertiary/aromatic N) is 2. The lowest BCUT2D eigenvalue weighted by atomic mass is 9.94. The zero-order chi connectivity index (χ0) is 19.7. The van der Waals surface area contributed by atoms with Crippen molar-refractivity contribution in [3.63, 3.8) is 0 Å². The number of benzene rings is 1. The number of amides is 2. The van der Waals surface area contributed by atoms with Gasteiger partial charge in [-0.15, -0.1) is 0 Å². The van der Waals surface area contributed by atoms with Gasteiger partial charge in [0.2, 0.25) is 0 Å². The number of H-pyrrole nitrogens is 1. The van der Waals surface area contributed by atoms with Crippen LogP contribution in [-0.4, -0.2) is 39.8 Å². The Morgan fingerprint density at radius 3 is 2.89 bits per heavy atom. The SMILES string of the molecule is CCC(C)NC(=O)Nc1cccc2nn3c(C4CCNCC4)cc(=O)[nH]c3c12. The predicted molar refractivity (Wildman–Crippen MR) is 110 cm³/mol. The third-order valence-electron chi connectivity index (χ3n) is 5.46. The number of carbonyl (C=O) groups is 1. The van der Waals surface area contributed by atoms with Crippen LogP contribution in [0, 0.1) is 0 Å². The summed E-state index contributed by atoms with van der Waals surface area (Å²) in [6, 6.07) is 7.04. The Labute approximate surface area is 162 Å². The van der Waals surface area contributed by atoms with Crippen LogP contribution in [0.25, 0.3) is 16.6 Å². The smallest absolute Gasteiger partial charge is 0.319 e. The lowest BCUT2D eigenvalue weighted by Crippen LogP contribution is -2.35. The number of carbonyl (C=O) groups excluding carboxylic acids is 1. The zero-order valence-electron chi connectivity index (χ0n) is 16.2. The summed E-state index contributed by atoms with van der Waals surface area (Å²) in [5.41, 5.74) is 2.76. The first kappa shape index (κ1) is 18.5. The van der Waals surface area contributed by atoms with Crippen molar-refractivity contribution < 1.29 is 4.79 Å². The maximum Gasteiger partial charge on any atom is 0.319 e. The molecule has 28 heavy (non-hydrogen) atoms. The molecule has 1 aromatic carbocycles. The van der Waals surface area contributed by atoms with E-state index in [-0.39, 0.29) is 23.6 Å². The van der Waals surface area contributed by atoms with Gasteiger partial charge in [-0.25, -0.2) is 9.31 Å². The summed E-state index contributed by atoms with van der Waals surface area (Å²) in [5, 5.41) is 14.6. The highest BCUT2D eigenvalue weighted by molar-refractivity contribution is 6.07. The average Bonchev–Trinajstić information content (AvgIpc) is 3.07. The van der Waals surface area contributed by atoms with E-state index in [1.807, 2.05) is 36.6 Å². The number of hydrogen-bond donors (Lipinski definition) is 4. The number of nitrogens with one attached hydrogen (secondary N) is 4. The first-order chi connectivity index (χ1) is 13.6. The molecule has 1 aliphatic rings. The number of urea groups is 1. The standard InChI is InChI=1S/C20H26N6O2/c1-3-12(2)22-20(28)23-14-5-4-6-15-18(14)19-24-17(27)11-16(26(19)25-15)13-7-9-21-10-8-13/h4-6,11-13,21H,3,7-10H2,1-2H3,(H,24,27)(H2,22,23,28). The average molecular weight is 382 g/mol. The molecule has 0 aliphatic carbocycles. The second-order valence-corrected chi connectivity index (χ2v) is 7.45. The van der Waals surface area contributed by atoms with Crippen LogP contribution in [0.15, 0.2) is 29.1 Å². The van der Waals surface area contributed by atoms with Crippen LogP contribution in [0.1, 0.15) is 44.7 Å². The van der Waals surface area contributed by atoms with Gasteiger partial charge in [0.1, 0.15) is 5.65 Å². The fourth-order valence-electron chi connectivity index (χ4n) is 3.78. The van der Waals surface area contributed by atoms with Gasteiger partial charge in [0.05, 0.1) is 22.3 Å². The van der Waals surface area contributed by atoms with Crippen LogP contribution in [0.4, 0.5) is 10.5 Å². The lowest BCUT2D eigenvalue weighted by Gasteiger charge is -2.23. The van der Waals surface area contributed by atoms with Gasteiger partial charge in [-0.2, -0.15) is 5.10 Å². The number of aromatic amines is 1. The molecule has 0 spiro atoms. The second kappa shape index (κ2) is 7.63. The summed E-state index contributed by atoms with van der Waals surface area (Å²) in [6.07, 6.45) is 2.79. The maximum absolute atomic E-state index is 12.4. The zero-order valence-corrected chi connectivity index (χ0v) is 16.2. The van der Waals surface area contributed by atoms with Gasteiger partial charge in [-0.3, -0.25) is 4.79 Å². The van der Waals surface area contributed by atoms with Crippen molar-refractivity contribution in [2.75, 3.05) is 18.4 Å². The van der Waals surface area contributed by atoms with E-state index in [4.69, 9.17) is 5.10 Å². The Kier molecular flexibility index (Phi) is 5.04. The third-order valence-corrected chi connectivity index (χ3v) is 5.46. The van der Waals surface area contributed by atoms with E-state index in [2.05, 4.69) is 20.9 Å². The van der Waals surface area contributed by atoms with E-state index in [1.54, 1.807) is 6.07 Å². The number of fused-ring (bicyclic) bond motifs is 3. The molecule has 148 valence electrons. The first-order valence-corrected chi connectivity index (χ1v) is 9.89. The molecule has 4 rings (SSSR count). The predicted octanol–water partition coefficient (Wildman–Crippen LogP) is 2.56. The molecule has 8 heteroatoms. The normalized spacial score (nSPS) is 16.4. The van der Waals surface area contributed by atoms with E-state index < -0.39 is 0 Å². The molecule has 0 bridgehead atoms. The van der Waals surface area contributed by atoms with E-state index in [9.17, 15) is 9.59 Å².